The Hall–Kier alpha value is -1.03. The molecular formula is C11H16BrN3. The van der Waals surface area contributed by atoms with Crippen molar-refractivity contribution in [1.82, 2.24) is 10.6 Å². The zero-order valence-corrected chi connectivity index (χ0v) is 10.9. The minimum atomic E-state index is 0.777. The first-order valence-electron chi connectivity index (χ1n) is 4.80. The Labute approximate surface area is 99.1 Å². The van der Waals surface area contributed by atoms with E-state index >= 15 is 0 Å². The van der Waals surface area contributed by atoms with Crippen LogP contribution < -0.4 is 10.6 Å². The number of hydrogen-bond donors (Lipinski definition) is 2. The van der Waals surface area contributed by atoms with Crippen LogP contribution in [0.25, 0.3) is 0 Å². The van der Waals surface area contributed by atoms with Crippen molar-refractivity contribution >= 4 is 21.9 Å². The summed E-state index contributed by atoms with van der Waals surface area (Å²) < 4.78 is 1.10. The van der Waals surface area contributed by atoms with Crippen molar-refractivity contribution in [3.8, 4) is 0 Å². The van der Waals surface area contributed by atoms with E-state index in [0.29, 0.717) is 0 Å². The second-order valence-electron chi connectivity index (χ2n) is 3.25. The fraction of sp³-hybridized carbons (Fsp3) is 0.364. The minimum Gasteiger partial charge on any atom is -0.359 e. The Balaban J connectivity index is 2.68. The van der Waals surface area contributed by atoms with Crippen molar-refractivity contribution < 1.29 is 0 Å². The zero-order chi connectivity index (χ0) is 11.3. The van der Waals surface area contributed by atoms with E-state index in [9.17, 15) is 0 Å². The molecule has 0 radical (unpaired) electrons. The maximum Gasteiger partial charge on any atom is 0.190 e. The highest BCUT2D eigenvalue weighted by Crippen LogP contribution is 2.15. The van der Waals surface area contributed by atoms with E-state index in [1.165, 1.54) is 11.1 Å². The molecule has 82 valence electrons. The number of benzene rings is 1. The van der Waals surface area contributed by atoms with Crippen LogP contribution in [0.3, 0.4) is 0 Å². The highest BCUT2D eigenvalue weighted by Gasteiger charge is 2.00. The molecule has 0 amide bonds. The van der Waals surface area contributed by atoms with E-state index in [-0.39, 0.29) is 0 Å². The second-order valence-corrected chi connectivity index (χ2v) is 4.16. The number of rotatable bonds is 2. The van der Waals surface area contributed by atoms with E-state index < -0.39 is 0 Å². The molecule has 0 heterocycles. The maximum absolute atomic E-state index is 4.06. The van der Waals surface area contributed by atoms with Gasteiger partial charge < -0.3 is 10.6 Å². The first-order chi connectivity index (χ1) is 7.17. The summed E-state index contributed by atoms with van der Waals surface area (Å²) in [5, 5.41) is 6.20. The van der Waals surface area contributed by atoms with E-state index in [1.807, 2.05) is 13.1 Å². The highest BCUT2D eigenvalue weighted by molar-refractivity contribution is 9.10. The number of aryl methyl sites for hydroxylation is 1. The van der Waals surface area contributed by atoms with Crippen molar-refractivity contribution in [1.29, 1.82) is 0 Å². The largest absolute Gasteiger partial charge is 0.359 e. The zero-order valence-electron chi connectivity index (χ0n) is 9.26. The lowest BCUT2D eigenvalue weighted by Gasteiger charge is -2.10. The fourth-order valence-corrected chi connectivity index (χ4v) is 1.70. The van der Waals surface area contributed by atoms with Crippen molar-refractivity contribution in [3.63, 3.8) is 0 Å². The van der Waals surface area contributed by atoms with Gasteiger partial charge in [-0.2, -0.15) is 0 Å². The monoisotopic (exact) mass is 269 g/mol. The van der Waals surface area contributed by atoms with Crippen LogP contribution in [0.15, 0.2) is 27.7 Å². The molecule has 0 fully saturated rings. The van der Waals surface area contributed by atoms with Gasteiger partial charge in [-0.1, -0.05) is 22.0 Å². The topological polar surface area (TPSA) is 36.4 Å². The van der Waals surface area contributed by atoms with Crippen LogP contribution in [0.2, 0.25) is 0 Å². The summed E-state index contributed by atoms with van der Waals surface area (Å²) in [6.45, 7) is 2.88. The molecule has 15 heavy (non-hydrogen) atoms. The van der Waals surface area contributed by atoms with Crippen LogP contribution >= 0.6 is 15.9 Å². The number of halogens is 1. The van der Waals surface area contributed by atoms with E-state index in [1.54, 1.807) is 7.05 Å². The number of nitrogens with one attached hydrogen (secondary N) is 2. The molecule has 0 unspecified atom stereocenters. The van der Waals surface area contributed by atoms with Crippen molar-refractivity contribution in [3.05, 3.63) is 33.8 Å². The fourth-order valence-electron chi connectivity index (χ4n) is 1.29. The number of guanidine groups is 1. The SMILES string of the molecule is CN=C(NC)NCc1cc(Br)ccc1C. The van der Waals surface area contributed by atoms with Crippen LogP contribution in [0.1, 0.15) is 11.1 Å². The molecule has 0 aliphatic rings. The molecule has 0 saturated heterocycles. The number of nitrogens with zero attached hydrogens (tertiary/aromatic N) is 1. The summed E-state index contributed by atoms with van der Waals surface area (Å²) in [4.78, 5) is 4.06. The third-order valence-corrected chi connectivity index (χ3v) is 2.71. The standard InChI is InChI=1S/C11H16BrN3/c1-8-4-5-10(12)6-9(8)7-15-11(13-2)14-3/h4-6H,7H2,1-3H3,(H2,13,14,15). The van der Waals surface area contributed by atoms with Gasteiger partial charge in [0.05, 0.1) is 0 Å². The third-order valence-electron chi connectivity index (χ3n) is 2.22. The molecule has 0 atom stereocenters. The molecule has 0 spiro atoms. The summed E-state index contributed by atoms with van der Waals surface area (Å²) in [6.07, 6.45) is 0. The smallest absolute Gasteiger partial charge is 0.190 e. The van der Waals surface area contributed by atoms with Gasteiger partial charge in [0.25, 0.3) is 0 Å². The quantitative estimate of drug-likeness (QED) is 0.637. The lowest BCUT2D eigenvalue weighted by atomic mass is 10.1. The summed E-state index contributed by atoms with van der Waals surface area (Å²) in [5.74, 6) is 0.800. The predicted molar refractivity (Wildman–Crippen MR) is 68.1 cm³/mol. The van der Waals surface area contributed by atoms with Gasteiger partial charge in [0, 0.05) is 25.1 Å². The third kappa shape index (κ3) is 3.55. The van der Waals surface area contributed by atoms with Gasteiger partial charge in [0.1, 0.15) is 0 Å². The Bertz CT molecular complexity index is 361. The van der Waals surface area contributed by atoms with Gasteiger partial charge >= 0.3 is 0 Å². The number of hydrogen-bond acceptors (Lipinski definition) is 1. The van der Waals surface area contributed by atoms with Gasteiger partial charge in [-0.3, -0.25) is 4.99 Å². The van der Waals surface area contributed by atoms with E-state index in [2.05, 4.69) is 50.6 Å². The van der Waals surface area contributed by atoms with Gasteiger partial charge in [0.2, 0.25) is 0 Å². The molecule has 4 heteroatoms. The van der Waals surface area contributed by atoms with E-state index in [4.69, 9.17) is 0 Å². The Morgan fingerprint density at radius 3 is 2.80 bits per heavy atom. The molecule has 1 rings (SSSR count). The molecular weight excluding hydrogens is 254 g/mol. The first kappa shape index (κ1) is 12.0. The van der Waals surface area contributed by atoms with Gasteiger partial charge in [-0.25, -0.2) is 0 Å². The lowest BCUT2D eigenvalue weighted by molar-refractivity contribution is 0.859. The Morgan fingerprint density at radius 1 is 1.47 bits per heavy atom. The summed E-state index contributed by atoms with van der Waals surface area (Å²) in [7, 11) is 3.61. The summed E-state index contributed by atoms with van der Waals surface area (Å²) in [6, 6.07) is 6.26. The molecule has 1 aromatic carbocycles. The van der Waals surface area contributed by atoms with Crippen molar-refractivity contribution in [2.75, 3.05) is 14.1 Å². The molecule has 0 bridgehead atoms. The van der Waals surface area contributed by atoms with E-state index in [0.717, 1.165) is 17.0 Å². The maximum atomic E-state index is 4.06. The number of aliphatic imine (C=N–C) groups is 1. The van der Waals surface area contributed by atoms with Crippen LogP contribution in [-0.2, 0) is 6.54 Å². The van der Waals surface area contributed by atoms with Crippen LogP contribution in [-0.4, -0.2) is 20.1 Å². The van der Waals surface area contributed by atoms with Gasteiger partial charge in [-0.15, -0.1) is 0 Å². The molecule has 0 aromatic heterocycles. The summed E-state index contributed by atoms with van der Waals surface area (Å²) in [5.41, 5.74) is 2.54. The van der Waals surface area contributed by atoms with Crippen LogP contribution in [0, 0.1) is 6.92 Å². The predicted octanol–water partition coefficient (Wildman–Crippen LogP) is 2.05. The first-order valence-corrected chi connectivity index (χ1v) is 5.60. The van der Waals surface area contributed by atoms with Crippen molar-refractivity contribution in [2.24, 2.45) is 4.99 Å². The van der Waals surface area contributed by atoms with Gasteiger partial charge in [0.15, 0.2) is 5.96 Å². The molecule has 2 N–H and O–H groups in total. The molecule has 1 aromatic rings. The molecule has 3 nitrogen and oxygen atoms in total. The van der Waals surface area contributed by atoms with Crippen LogP contribution in [0.4, 0.5) is 0 Å². The molecule has 0 aliphatic heterocycles. The average Bonchev–Trinajstić information content (AvgIpc) is 2.24. The summed E-state index contributed by atoms with van der Waals surface area (Å²) >= 11 is 3.46. The molecule has 0 saturated carbocycles. The Kier molecular flexibility index (Phi) is 4.62. The van der Waals surface area contributed by atoms with Crippen molar-refractivity contribution in [2.45, 2.75) is 13.5 Å². The average molecular weight is 270 g/mol. The second kappa shape index (κ2) is 5.75. The van der Waals surface area contributed by atoms with Crippen LogP contribution in [0.5, 0.6) is 0 Å². The van der Waals surface area contributed by atoms with Gasteiger partial charge in [-0.05, 0) is 30.2 Å². The normalized spacial score (nSPS) is 11.3. The Morgan fingerprint density at radius 2 is 2.20 bits per heavy atom. The molecule has 0 aliphatic carbocycles. The minimum absolute atomic E-state index is 0.777. The highest BCUT2D eigenvalue weighted by atomic mass is 79.9. The lowest BCUT2D eigenvalue weighted by Crippen LogP contribution is -2.34.